The first-order chi connectivity index (χ1) is 9.08. The lowest BCUT2D eigenvalue weighted by atomic mass is 10.1. The van der Waals surface area contributed by atoms with Gasteiger partial charge in [-0.2, -0.15) is 0 Å². The van der Waals surface area contributed by atoms with Crippen LogP contribution in [-0.4, -0.2) is 9.91 Å². The Morgan fingerprint density at radius 2 is 2.16 bits per heavy atom. The van der Waals surface area contributed by atoms with Crippen LogP contribution in [0.1, 0.15) is 11.1 Å². The molecule has 0 aliphatic rings. The number of halogens is 1. The Morgan fingerprint density at radius 1 is 1.42 bits per heavy atom. The van der Waals surface area contributed by atoms with Gasteiger partial charge in [0, 0.05) is 12.6 Å². The topological polar surface area (TPSA) is 68.1 Å². The Labute approximate surface area is 119 Å². The summed E-state index contributed by atoms with van der Waals surface area (Å²) < 4.78 is 0.579. The Bertz CT molecular complexity index is 617. The molecule has 1 aromatic heterocycles. The van der Waals surface area contributed by atoms with Gasteiger partial charge in [-0.3, -0.25) is 10.1 Å². The number of hydrogen-bond acceptors (Lipinski definition) is 4. The zero-order valence-electron chi connectivity index (χ0n) is 10.3. The van der Waals surface area contributed by atoms with Crippen molar-refractivity contribution in [3.8, 4) is 0 Å². The van der Waals surface area contributed by atoms with Crippen molar-refractivity contribution in [3.63, 3.8) is 0 Å². The van der Waals surface area contributed by atoms with Crippen molar-refractivity contribution < 1.29 is 4.92 Å². The number of aromatic nitrogens is 1. The second-order valence-corrected chi connectivity index (χ2v) is 4.92. The Hall–Kier alpha value is -1.95. The van der Waals surface area contributed by atoms with E-state index in [1.54, 1.807) is 0 Å². The number of rotatable bonds is 4. The van der Waals surface area contributed by atoms with E-state index in [1.807, 2.05) is 31.2 Å². The van der Waals surface area contributed by atoms with Gasteiger partial charge in [-0.25, -0.2) is 4.98 Å². The van der Waals surface area contributed by atoms with Crippen LogP contribution < -0.4 is 5.32 Å². The molecule has 2 aromatic rings. The van der Waals surface area contributed by atoms with Crippen molar-refractivity contribution in [1.29, 1.82) is 0 Å². The third-order valence-corrected chi connectivity index (χ3v) is 3.35. The molecule has 0 fully saturated rings. The molecule has 0 radical (unpaired) electrons. The van der Waals surface area contributed by atoms with Gasteiger partial charge in [0.05, 0.1) is 9.40 Å². The molecule has 0 saturated carbocycles. The average molecular weight is 322 g/mol. The molecule has 0 unspecified atom stereocenters. The summed E-state index contributed by atoms with van der Waals surface area (Å²) in [6, 6.07) is 9.46. The predicted molar refractivity (Wildman–Crippen MR) is 77.1 cm³/mol. The van der Waals surface area contributed by atoms with Crippen LogP contribution in [0.4, 0.5) is 11.5 Å². The van der Waals surface area contributed by atoms with Crippen LogP contribution in [-0.2, 0) is 6.54 Å². The van der Waals surface area contributed by atoms with E-state index in [9.17, 15) is 10.1 Å². The number of aryl methyl sites for hydroxylation is 1. The first-order valence-electron chi connectivity index (χ1n) is 5.66. The molecule has 0 amide bonds. The molecule has 0 aliphatic carbocycles. The van der Waals surface area contributed by atoms with Crippen molar-refractivity contribution in [1.82, 2.24) is 4.98 Å². The number of benzene rings is 1. The van der Waals surface area contributed by atoms with Gasteiger partial charge in [0.2, 0.25) is 0 Å². The lowest BCUT2D eigenvalue weighted by Crippen LogP contribution is -2.04. The van der Waals surface area contributed by atoms with E-state index in [0.29, 0.717) is 16.8 Å². The van der Waals surface area contributed by atoms with E-state index >= 15 is 0 Å². The fraction of sp³-hybridized carbons (Fsp3) is 0.154. The maximum atomic E-state index is 10.6. The Morgan fingerprint density at radius 3 is 2.79 bits per heavy atom. The van der Waals surface area contributed by atoms with Crippen molar-refractivity contribution >= 4 is 27.4 Å². The smallest absolute Gasteiger partial charge is 0.288 e. The molecule has 1 heterocycles. The minimum Gasteiger partial charge on any atom is -0.365 e. The van der Waals surface area contributed by atoms with Crippen molar-refractivity contribution in [2.45, 2.75) is 13.5 Å². The largest absolute Gasteiger partial charge is 0.365 e. The van der Waals surface area contributed by atoms with Crippen LogP contribution >= 0.6 is 15.9 Å². The number of anilines is 1. The summed E-state index contributed by atoms with van der Waals surface area (Å²) in [6.07, 6.45) is 1.24. The van der Waals surface area contributed by atoms with E-state index in [1.165, 1.54) is 17.8 Å². The monoisotopic (exact) mass is 321 g/mol. The molecule has 6 heteroatoms. The van der Waals surface area contributed by atoms with Crippen LogP contribution in [0.25, 0.3) is 0 Å². The number of nitro groups is 1. The SMILES string of the molecule is Cc1ccccc1CNc1ncc([N+](=O)[O-])cc1Br. The van der Waals surface area contributed by atoms with Gasteiger partial charge in [0.15, 0.2) is 0 Å². The predicted octanol–water partition coefficient (Wildman–Crippen LogP) is 3.67. The molecule has 2 rings (SSSR count). The first kappa shape index (κ1) is 13.5. The number of nitrogens with one attached hydrogen (secondary N) is 1. The van der Waals surface area contributed by atoms with E-state index in [4.69, 9.17) is 0 Å². The summed E-state index contributed by atoms with van der Waals surface area (Å²) in [4.78, 5) is 14.2. The van der Waals surface area contributed by atoms with Crippen LogP contribution in [0.5, 0.6) is 0 Å². The summed E-state index contributed by atoms with van der Waals surface area (Å²) in [7, 11) is 0. The van der Waals surface area contributed by atoms with Gasteiger partial charge >= 0.3 is 0 Å². The summed E-state index contributed by atoms with van der Waals surface area (Å²) in [5.74, 6) is 0.592. The minimum atomic E-state index is -0.469. The Balaban J connectivity index is 2.12. The summed E-state index contributed by atoms with van der Waals surface area (Å²) in [6.45, 7) is 2.66. The fourth-order valence-electron chi connectivity index (χ4n) is 1.65. The maximum Gasteiger partial charge on any atom is 0.288 e. The molecular formula is C13H12BrN3O2. The molecule has 5 nitrogen and oxygen atoms in total. The second kappa shape index (κ2) is 5.79. The van der Waals surface area contributed by atoms with Crippen molar-refractivity contribution in [3.05, 3.63) is 62.2 Å². The summed E-state index contributed by atoms with van der Waals surface area (Å²) in [5, 5.41) is 13.8. The molecule has 0 saturated heterocycles. The van der Waals surface area contributed by atoms with Crippen LogP contribution in [0, 0.1) is 17.0 Å². The lowest BCUT2D eigenvalue weighted by molar-refractivity contribution is -0.385. The highest BCUT2D eigenvalue weighted by atomic mass is 79.9. The maximum absolute atomic E-state index is 10.6. The highest BCUT2D eigenvalue weighted by Crippen LogP contribution is 2.25. The zero-order valence-corrected chi connectivity index (χ0v) is 11.8. The van der Waals surface area contributed by atoms with Crippen molar-refractivity contribution in [2.24, 2.45) is 0 Å². The molecule has 98 valence electrons. The normalized spacial score (nSPS) is 10.2. The van der Waals surface area contributed by atoms with Crippen LogP contribution in [0.3, 0.4) is 0 Å². The Kier molecular flexibility index (Phi) is 4.11. The fourth-order valence-corrected chi connectivity index (χ4v) is 2.12. The van der Waals surface area contributed by atoms with E-state index in [2.05, 4.69) is 26.2 Å². The first-order valence-corrected chi connectivity index (χ1v) is 6.45. The quantitative estimate of drug-likeness (QED) is 0.689. The van der Waals surface area contributed by atoms with Gasteiger partial charge < -0.3 is 5.32 Å². The number of pyridine rings is 1. The molecular weight excluding hydrogens is 310 g/mol. The van der Waals surface area contributed by atoms with Gasteiger partial charge in [-0.15, -0.1) is 0 Å². The zero-order chi connectivity index (χ0) is 13.8. The van der Waals surface area contributed by atoms with Crippen LogP contribution in [0.15, 0.2) is 41.0 Å². The van der Waals surface area contributed by atoms with E-state index in [-0.39, 0.29) is 5.69 Å². The standard InChI is InChI=1S/C13H12BrN3O2/c1-9-4-2-3-5-10(9)7-15-13-12(14)6-11(8-16-13)17(18)19/h2-6,8H,7H2,1H3,(H,15,16). The molecule has 19 heavy (non-hydrogen) atoms. The van der Waals surface area contributed by atoms with Crippen LogP contribution in [0.2, 0.25) is 0 Å². The van der Waals surface area contributed by atoms with E-state index in [0.717, 1.165) is 5.56 Å². The summed E-state index contributed by atoms with van der Waals surface area (Å²) >= 11 is 3.28. The third-order valence-electron chi connectivity index (χ3n) is 2.75. The average Bonchev–Trinajstić information content (AvgIpc) is 2.39. The lowest BCUT2D eigenvalue weighted by Gasteiger charge is -2.09. The minimum absolute atomic E-state index is 0.0340. The second-order valence-electron chi connectivity index (χ2n) is 4.06. The van der Waals surface area contributed by atoms with Gasteiger partial charge in [-0.1, -0.05) is 24.3 Å². The van der Waals surface area contributed by atoms with Gasteiger partial charge in [-0.05, 0) is 34.0 Å². The summed E-state index contributed by atoms with van der Waals surface area (Å²) in [5.41, 5.74) is 2.32. The highest BCUT2D eigenvalue weighted by molar-refractivity contribution is 9.10. The number of nitrogens with zero attached hydrogens (tertiary/aromatic N) is 2. The third kappa shape index (κ3) is 3.29. The molecule has 1 aromatic carbocycles. The molecule has 0 aliphatic heterocycles. The van der Waals surface area contributed by atoms with Gasteiger partial charge in [0.25, 0.3) is 5.69 Å². The molecule has 0 bridgehead atoms. The van der Waals surface area contributed by atoms with Gasteiger partial charge in [0.1, 0.15) is 12.0 Å². The molecule has 1 N–H and O–H groups in total. The highest BCUT2D eigenvalue weighted by Gasteiger charge is 2.10. The van der Waals surface area contributed by atoms with Crippen molar-refractivity contribution in [2.75, 3.05) is 5.32 Å². The molecule has 0 spiro atoms. The van der Waals surface area contributed by atoms with E-state index < -0.39 is 4.92 Å². The molecule has 0 atom stereocenters. The number of hydrogen-bond donors (Lipinski definition) is 1.